The quantitative estimate of drug-likeness (QED) is 0.830. The van der Waals surface area contributed by atoms with Gasteiger partial charge in [-0.3, -0.25) is 4.79 Å². The van der Waals surface area contributed by atoms with Crippen LogP contribution in [0, 0.1) is 5.92 Å². The van der Waals surface area contributed by atoms with Gasteiger partial charge in [0.25, 0.3) is 5.56 Å². The molecule has 2 heterocycles. The number of nitrogens with one attached hydrogen (secondary N) is 1. The van der Waals surface area contributed by atoms with E-state index in [-0.39, 0.29) is 17.6 Å². The number of ether oxygens (including phenoxy) is 1. The van der Waals surface area contributed by atoms with Gasteiger partial charge in [-0.25, -0.2) is 4.79 Å². The Bertz CT molecular complexity index is 869. The Balaban J connectivity index is 1.93. The number of hydrogen-bond donors (Lipinski definition) is 2. The lowest BCUT2D eigenvalue weighted by Crippen LogP contribution is -2.33. The van der Waals surface area contributed by atoms with Crippen LogP contribution in [0.1, 0.15) is 22.0 Å². The van der Waals surface area contributed by atoms with Gasteiger partial charge in [0.1, 0.15) is 5.56 Å². The molecule has 0 spiro atoms. The van der Waals surface area contributed by atoms with Gasteiger partial charge >= 0.3 is 5.97 Å². The van der Waals surface area contributed by atoms with E-state index in [4.69, 9.17) is 33.0 Å². The van der Waals surface area contributed by atoms with E-state index in [0.29, 0.717) is 36.3 Å². The standard InChI is InChI=1S/C18H18Cl2N2O4/c19-14-4-3-11(8-15(14)20)16-12(9-21-5-7-26-16)10-22-6-1-2-13(17(22)23)18(24)25/h1-4,6,8,12,16,21H,5,7,9-10H2,(H,24,25)/t12-,16-/m0/s1. The average Bonchev–Trinajstić information content (AvgIpc) is 2.84. The van der Waals surface area contributed by atoms with Crippen molar-refractivity contribution in [2.24, 2.45) is 5.92 Å². The number of carboxylic acids is 1. The van der Waals surface area contributed by atoms with Crippen molar-refractivity contribution in [3.63, 3.8) is 0 Å². The van der Waals surface area contributed by atoms with Crippen molar-refractivity contribution in [3.8, 4) is 0 Å². The zero-order valence-corrected chi connectivity index (χ0v) is 15.3. The minimum Gasteiger partial charge on any atom is -0.477 e. The molecule has 1 aliphatic rings. The summed E-state index contributed by atoms with van der Waals surface area (Å²) in [5.74, 6) is -1.32. The van der Waals surface area contributed by atoms with E-state index in [9.17, 15) is 9.59 Å². The molecule has 0 radical (unpaired) electrons. The highest BCUT2D eigenvalue weighted by Gasteiger charge is 2.27. The molecule has 138 valence electrons. The summed E-state index contributed by atoms with van der Waals surface area (Å²) in [5.41, 5.74) is 0.0914. The number of pyridine rings is 1. The molecular weight excluding hydrogens is 379 g/mol. The third kappa shape index (κ3) is 4.10. The number of aromatic nitrogens is 1. The number of rotatable bonds is 4. The number of hydrogen-bond acceptors (Lipinski definition) is 4. The molecule has 1 aromatic heterocycles. The molecule has 1 aromatic carbocycles. The summed E-state index contributed by atoms with van der Waals surface area (Å²) >= 11 is 12.1. The number of aromatic carboxylic acids is 1. The zero-order chi connectivity index (χ0) is 18.7. The second-order valence-corrected chi connectivity index (χ2v) is 6.93. The van der Waals surface area contributed by atoms with E-state index in [1.807, 2.05) is 6.07 Å². The van der Waals surface area contributed by atoms with Crippen LogP contribution >= 0.6 is 23.2 Å². The number of carboxylic acid groups (broad SMARTS) is 1. The van der Waals surface area contributed by atoms with Crippen LogP contribution < -0.4 is 10.9 Å². The Labute approximate surface area is 160 Å². The van der Waals surface area contributed by atoms with Crippen molar-refractivity contribution in [1.29, 1.82) is 0 Å². The van der Waals surface area contributed by atoms with Gasteiger partial charge in [-0.05, 0) is 29.8 Å². The van der Waals surface area contributed by atoms with Crippen LogP contribution in [0.3, 0.4) is 0 Å². The van der Waals surface area contributed by atoms with Crippen LogP contribution in [0.5, 0.6) is 0 Å². The second kappa shape index (κ2) is 8.22. The van der Waals surface area contributed by atoms with Gasteiger partial charge < -0.3 is 19.7 Å². The maximum atomic E-state index is 12.4. The van der Waals surface area contributed by atoms with Crippen LogP contribution in [0.25, 0.3) is 0 Å². The van der Waals surface area contributed by atoms with Gasteiger partial charge in [0.05, 0.1) is 22.8 Å². The second-order valence-electron chi connectivity index (χ2n) is 6.11. The van der Waals surface area contributed by atoms with Crippen LogP contribution in [0.2, 0.25) is 10.0 Å². The molecule has 1 fully saturated rings. The number of halogens is 2. The molecule has 2 atom stereocenters. The normalized spacial score (nSPS) is 20.5. The van der Waals surface area contributed by atoms with Gasteiger partial charge in [-0.1, -0.05) is 29.3 Å². The fraction of sp³-hybridized carbons (Fsp3) is 0.333. The Morgan fingerprint density at radius 1 is 1.31 bits per heavy atom. The number of nitrogens with zero attached hydrogens (tertiary/aromatic N) is 1. The van der Waals surface area contributed by atoms with Gasteiger partial charge in [0, 0.05) is 31.7 Å². The summed E-state index contributed by atoms with van der Waals surface area (Å²) in [6.07, 6.45) is 1.30. The third-order valence-electron chi connectivity index (χ3n) is 4.36. The molecular formula is C18H18Cl2N2O4. The third-order valence-corrected chi connectivity index (χ3v) is 5.10. The van der Waals surface area contributed by atoms with E-state index in [0.717, 1.165) is 5.56 Å². The first-order chi connectivity index (χ1) is 12.5. The average molecular weight is 397 g/mol. The van der Waals surface area contributed by atoms with Crippen molar-refractivity contribution in [1.82, 2.24) is 9.88 Å². The van der Waals surface area contributed by atoms with Gasteiger partial charge in [0.15, 0.2) is 0 Å². The molecule has 1 saturated heterocycles. The van der Waals surface area contributed by atoms with E-state index in [2.05, 4.69) is 5.32 Å². The van der Waals surface area contributed by atoms with Crippen molar-refractivity contribution in [3.05, 3.63) is 68.1 Å². The summed E-state index contributed by atoms with van der Waals surface area (Å²) in [6, 6.07) is 8.20. The molecule has 26 heavy (non-hydrogen) atoms. The molecule has 0 amide bonds. The Hall–Kier alpha value is -1.86. The summed E-state index contributed by atoms with van der Waals surface area (Å²) in [4.78, 5) is 23.6. The van der Waals surface area contributed by atoms with Gasteiger partial charge in [-0.15, -0.1) is 0 Å². The fourth-order valence-electron chi connectivity index (χ4n) is 3.10. The van der Waals surface area contributed by atoms with Crippen molar-refractivity contribution in [2.75, 3.05) is 19.7 Å². The maximum Gasteiger partial charge on any atom is 0.341 e. The van der Waals surface area contributed by atoms with Crippen LogP contribution in [-0.2, 0) is 11.3 Å². The number of carbonyl (C=O) groups is 1. The van der Waals surface area contributed by atoms with Crippen molar-refractivity contribution >= 4 is 29.2 Å². The lowest BCUT2D eigenvalue weighted by atomic mass is 9.95. The van der Waals surface area contributed by atoms with Crippen LogP contribution in [-0.4, -0.2) is 35.3 Å². The minimum absolute atomic E-state index is 0.0866. The largest absolute Gasteiger partial charge is 0.477 e. The Morgan fingerprint density at radius 3 is 2.85 bits per heavy atom. The first kappa shape index (κ1) is 18.9. The SMILES string of the molecule is O=C(O)c1cccn(C[C@@H]2CNCCO[C@H]2c2ccc(Cl)c(Cl)c2)c1=O. The molecule has 0 saturated carbocycles. The predicted molar refractivity (Wildman–Crippen MR) is 99.2 cm³/mol. The lowest BCUT2D eigenvalue weighted by Gasteiger charge is -2.26. The molecule has 0 unspecified atom stereocenters. The summed E-state index contributed by atoms with van der Waals surface area (Å²) < 4.78 is 7.40. The van der Waals surface area contributed by atoms with Crippen molar-refractivity contribution < 1.29 is 14.6 Å². The zero-order valence-electron chi connectivity index (χ0n) is 13.8. The molecule has 2 aromatic rings. The van der Waals surface area contributed by atoms with E-state index >= 15 is 0 Å². The maximum absolute atomic E-state index is 12.4. The predicted octanol–water partition coefficient (Wildman–Crippen LogP) is 2.83. The topological polar surface area (TPSA) is 80.6 Å². The fourth-order valence-corrected chi connectivity index (χ4v) is 3.41. The van der Waals surface area contributed by atoms with Crippen LogP contribution in [0.15, 0.2) is 41.3 Å². The Morgan fingerprint density at radius 2 is 2.12 bits per heavy atom. The highest BCUT2D eigenvalue weighted by molar-refractivity contribution is 6.42. The highest BCUT2D eigenvalue weighted by atomic mass is 35.5. The molecule has 3 rings (SSSR count). The molecule has 6 nitrogen and oxygen atoms in total. The van der Waals surface area contributed by atoms with E-state index < -0.39 is 11.5 Å². The smallest absolute Gasteiger partial charge is 0.341 e. The van der Waals surface area contributed by atoms with E-state index in [1.165, 1.54) is 10.6 Å². The summed E-state index contributed by atoms with van der Waals surface area (Å²) in [6.45, 7) is 2.15. The van der Waals surface area contributed by atoms with Crippen molar-refractivity contribution in [2.45, 2.75) is 12.6 Å². The Kier molecular flexibility index (Phi) is 5.98. The van der Waals surface area contributed by atoms with Gasteiger partial charge in [-0.2, -0.15) is 0 Å². The monoisotopic (exact) mass is 396 g/mol. The molecule has 2 N–H and O–H groups in total. The lowest BCUT2D eigenvalue weighted by molar-refractivity contribution is 0.0250. The summed E-state index contributed by atoms with van der Waals surface area (Å²) in [5, 5.41) is 13.3. The van der Waals surface area contributed by atoms with Gasteiger partial charge in [0.2, 0.25) is 0 Å². The minimum atomic E-state index is -1.24. The summed E-state index contributed by atoms with van der Waals surface area (Å²) in [7, 11) is 0. The highest BCUT2D eigenvalue weighted by Crippen LogP contribution is 2.32. The molecule has 0 aliphatic carbocycles. The van der Waals surface area contributed by atoms with E-state index in [1.54, 1.807) is 24.4 Å². The molecule has 8 heteroatoms. The number of benzene rings is 1. The first-order valence-corrected chi connectivity index (χ1v) is 8.93. The molecule has 0 bridgehead atoms. The van der Waals surface area contributed by atoms with Crippen LogP contribution in [0.4, 0.5) is 0 Å². The molecule has 1 aliphatic heterocycles. The first-order valence-electron chi connectivity index (χ1n) is 8.17.